The molecular weight excluding hydrogens is 236 g/mol. The van der Waals surface area contributed by atoms with Crippen LogP contribution in [0.15, 0.2) is 21.3 Å². The highest BCUT2D eigenvalue weighted by atomic mass is 79.9. The van der Waals surface area contributed by atoms with Gasteiger partial charge >= 0.3 is 0 Å². The van der Waals surface area contributed by atoms with Gasteiger partial charge in [-0.05, 0) is 22.0 Å². The van der Waals surface area contributed by atoms with Crippen LogP contribution in [0.3, 0.4) is 0 Å². The molecule has 2 heterocycles. The predicted octanol–water partition coefficient (Wildman–Crippen LogP) is 2.13. The third-order valence-corrected chi connectivity index (χ3v) is 2.09. The van der Waals surface area contributed by atoms with Gasteiger partial charge in [0.25, 0.3) is 5.71 Å². The number of aromatic nitrogens is 2. The van der Waals surface area contributed by atoms with Crippen LogP contribution in [0.5, 0.6) is 0 Å². The second kappa shape index (κ2) is 3.43. The Morgan fingerprint density at radius 1 is 1.62 bits per heavy atom. The van der Waals surface area contributed by atoms with E-state index in [2.05, 4.69) is 26.1 Å². The van der Waals surface area contributed by atoms with E-state index in [0.717, 1.165) is 15.6 Å². The van der Waals surface area contributed by atoms with Crippen LogP contribution >= 0.6 is 15.9 Å². The summed E-state index contributed by atoms with van der Waals surface area (Å²) < 4.78 is 10.9. The summed E-state index contributed by atoms with van der Waals surface area (Å²) in [5.41, 5.74) is 1.31. The monoisotopic (exact) mass is 242 g/mol. The van der Waals surface area contributed by atoms with Gasteiger partial charge < -0.3 is 9.26 Å². The first kappa shape index (κ1) is 8.65. The zero-order valence-corrected chi connectivity index (χ0v) is 8.54. The lowest BCUT2D eigenvalue weighted by atomic mass is 10.3. The zero-order chi connectivity index (χ0) is 9.26. The molecule has 0 aliphatic carbocycles. The quantitative estimate of drug-likeness (QED) is 0.810. The maximum Gasteiger partial charge on any atom is 0.258 e. The lowest BCUT2D eigenvalue weighted by Gasteiger charge is -1.92. The molecule has 0 aliphatic heterocycles. The molecule has 0 saturated carbocycles. The van der Waals surface area contributed by atoms with Gasteiger partial charge in [0, 0.05) is 17.8 Å². The summed E-state index contributed by atoms with van der Waals surface area (Å²) in [5, 5.41) is 4.73. The Bertz CT molecular complexity index is 427. The van der Waals surface area contributed by atoms with Crippen molar-refractivity contribution in [3.8, 4) is 0 Å². The topological polar surface area (TPSA) is 48.2 Å². The molecule has 0 aliphatic rings. The molecule has 0 aromatic carbocycles. The van der Waals surface area contributed by atoms with E-state index < -0.39 is 0 Å². The largest absolute Gasteiger partial charge is 0.378 e. The van der Waals surface area contributed by atoms with Crippen molar-refractivity contribution in [1.82, 2.24) is 10.1 Å². The van der Waals surface area contributed by atoms with Gasteiger partial charge in [0.2, 0.25) is 0 Å². The van der Waals surface area contributed by atoms with Crippen LogP contribution in [0.1, 0.15) is 5.69 Å². The molecule has 0 fully saturated rings. The van der Waals surface area contributed by atoms with Crippen LogP contribution in [-0.2, 0) is 11.3 Å². The summed E-state index contributed by atoms with van der Waals surface area (Å²) in [6, 6.07) is 1.91. The minimum absolute atomic E-state index is 0.436. The molecule has 5 heteroatoms. The fourth-order valence-electron chi connectivity index (χ4n) is 1.09. The maximum absolute atomic E-state index is 4.99. The van der Waals surface area contributed by atoms with Gasteiger partial charge in [0.05, 0.1) is 12.0 Å². The van der Waals surface area contributed by atoms with E-state index in [1.54, 1.807) is 13.3 Å². The van der Waals surface area contributed by atoms with Gasteiger partial charge in [0.1, 0.15) is 5.69 Å². The summed E-state index contributed by atoms with van der Waals surface area (Å²) >= 11 is 3.33. The lowest BCUT2D eigenvalue weighted by Crippen LogP contribution is -1.87. The highest BCUT2D eigenvalue weighted by molar-refractivity contribution is 9.10. The fourth-order valence-corrected chi connectivity index (χ4v) is 1.43. The smallest absolute Gasteiger partial charge is 0.258 e. The van der Waals surface area contributed by atoms with E-state index in [1.807, 2.05) is 6.07 Å². The van der Waals surface area contributed by atoms with Crippen LogP contribution in [0.4, 0.5) is 0 Å². The van der Waals surface area contributed by atoms with Crippen molar-refractivity contribution in [1.29, 1.82) is 0 Å². The molecule has 4 nitrogen and oxygen atoms in total. The molecule has 2 aromatic heterocycles. The summed E-state index contributed by atoms with van der Waals surface area (Å²) in [7, 11) is 1.62. The molecule has 68 valence electrons. The minimum Gasteiger partial charge on any atom is -0.378 e. The van der Waals surface area contributed by atoms with Crippen LogP contribution in [0, 0.1) is 0 Å². The number of hydrogen-bond donors (Lipinski definition) is 0. The summed E-state index contributed by atoms with van der Waals surface area (Å²) in [6.45, 7) is 0.436. The predicted molar refractivity (Wildman–Crippen MR) is 50.2 cm³/mol. The van der Waals surface area contributed by atoms with Crippen molar-refractivity contribution < 1.29 is 9.26 Å². The first-order valence-corrected chi connectivity index (χ1v) is 4.49. The van der Waals surface area contributed by atoms with E-state index in [9.17, 15) is 0 Å². The number of rotatable bonds is 2. The fraction of sp³-hybridized carbons (Fsp3) is 0.250. The van der Waals surface area contributed by atoms with Crippen molar-refractivity contribution >= 4 is 27.0 Å². The van der Waals surface area contributed by atoms with E-state index >= 15 is 0 Å². The van der Waals surface area contributed by atoms with Crippen LogP contribution in [-0.4, -0.2) is 17.3 Å². The number of halogens is 1. The highest BCUT2D eigenvalue weighted by Crippen LogP contribution is 2.20. The number of methoxy groups -OCH3 is 1. The number of fused-ring (bicyclic) bond motifs is 1. The number of hydrogen-bond acceptors (Lipinski definition) is 4. The van der Waals surface area contributed by atoms with E-state index in [0.29, 0.717) is 12.3 Å². The van der Waals surface area contributed by atoms with Crippen molar-refractivity contribution in [2.24, 2.45) is 0 Å². The SMILES string of the molecule is COCc1noc2ncc(Br)cc12. The molecule has 2 rings (SSSR count). The molecule has 0 bridgehead atoms. The first-order valence-electron chi connectivity index (χ1n) is 3.70. The number of ether oxygens (including phenoxy) is 1. The van der Waals surface area contributed by atoms with Gasteiger partial charge in [-0.3, -0.25) is 0 Å². The second-order valence-corrected chi connectivity index (χ2v) is 3.48. The van der Waals surface area contributed by atoms with Crippen molar-refractivity contribution in [3.05, 3.63) is 22.4 Å². The van der Waals surface area contributed by atoms with Gasteiger partial charge in [-0.25, -0.2) is 4.98 Å². The van der Waals surface area contributed by atoms with Gasteiger partial charge in [-0.1, -0.05) is 5.16 Å². The first-order chi connectivity index (χ1) is 6.31. The Morgan fingerprint density at radius 2 is 2.46 bits per heavy atom. The van der Waals surface area contributed by atoms with Crippen LogP contribution in [0.2, 0.25) is 0 Å². The molecule has 0 spiro atoms. The van der Waals surface area contributed by atoms with E-state index in [4.69, 9.17) is 9.26 Å². The number of pyridine rings is 1. The van der Waals surface area contributed by atoms with Crippen molar-refractivity contribution in [2.75, 3.05) is 7.11 Å². The highest BCUT2D eigenvalue weighted by Gasteiger charge is 2.08. The van der Waals surface area contributed by atoms with Gasteiger partial charge in [-0.2, -0.15) is 0 Å². The summed E-state index contributed by atoms with van der Waals surface area (Å²) in [5.74, 6) is 0. The standard InChI is InChI=1S/C8H7BrN2O2/c1-12-4-7-6-2-5(9)3-10-8(6)13-11-7/h2-3H,4H2,1H3. The average Bonchev–Trinajstić information content (AvgIpc) is 2.49. The molecule has 0 N–H and O–H groups in total. The third-order valence-electron chi connectivity index (χ3n) is 1.65. The Hall–Kier alpha value is -0.940. The Labute approximate surface area is 83.0 Å². The Morgan fingerprint density at radius 3 is 3.23 bits per heavy atom. The lowest BCUT2D eigenvalue weighted by molar-refractivity contribution is 0.178. The zero-order valence-electron chi connectivity index (χ0n) is 6.95. The molecule has 0 amide bonds. The van der Waals surface area contributed by atoms with Crippen molar-refractivity contribution in [2.45, 2.75) is 6.61 Å². The summed E-state index contributed by atoms with van der Waals surface area (Å²) in [4.78, 5) is 4.05. The molecule has 0 unspecified atom stereocenters. The molecule has 0 radical (unpaired) electrons. The molecule has 0 saturated heterocycles. The van der Waals surface area contributed by atoms with Gasteiger partial charge in [-0.15, -0.1) is 0 Å². The van der Waals surface area contributed by atoms with Crippen LogP contribution in [0.25, 0.3) is 11.1 Å². The van der Waals surface area contributed by atoms with E-state index in [-0.39, 0.29) is 0 Å². The Kier molecular flexibility index (Phi) is 2.28. The normalized spacial score (nSPS) is 10.9. The van der Waals surface area contributed by atoms with Crippen LogP contribution < -0.4 is 0 Å². The molecule has 0 atom stereocenters. The second-order valence-electron chi connectivity index (χ2n) is 2.57. The molecular formula is C8H7BrN2O2. The van der Waals surface area contributed by atoms with Gasteiger partial charge in [0.15, 0.2) is 0 Å². The maximum atomic E-state index is 4.99. The minimum atomic E-state index is 0.436. The molecule has 2 aromatic rings. The van der Waals surface area contributed by atoms with Crippen molar-refractivity contribution in [3.63, 3.8) is 0 Å². The average molecular weight is 243 g/mol. The Balaban J connectivity index is 2.58. The summed E-state index contributed by atoms with van der Waals surface area (Å²) in [6.07, 6.45) is 1.67. The van der Waals surface area contributed by atoms with E-state index in [1.165, 1.54) is 0 Å². The third kappa shape index (κ3) is 1.57. The number of nitrogens with zero attached hydrogens (tertiary/aromatic N) is 2. The molecule has 13 heavy (non-hydrogen) atoms.